The van der Waals surface area contributed by atoms with Gasteiger partial charge in [0.15, 0.2) is 0 Å². The highest BCUT2D eigenvalue weighted by atomic mass is 16.6. The number of nitro benzene ring substituents is 4. The third-order valence-corrected chi connectivity index (χ3v) is 16.6. The number of benzene rings is 2. The molecule has 2 aromatic carbocycles. The summed E-state index contributed by atoms with van der Waals surface area (Å²) in [6, 6.07) is 6.82. The summed E-state index contributed by atoms with van der Waals surface area (Å²) in [5.41, 5.74) is 4.02. The van der Waals surface area contributed by atoms with Crippen molar-refractivity contribution in [2.24, 2.45) is 66.9 Å². The van der Waals surface area contributed by atoms with Gasteiger partial charge in [-0.05, 0) is 123 Å². The number of nitrogens with one attached hydrogen (secondary N) is 2. The third-order valence-electron chi connectivity index (χ3n) is 16.6. The molecule has 0 unspecified atom stereocenters. The summed E-state index contributed by atoms with van der Waals surface area (Å²) < 4.78 is 0. The standard InChI is InChI=1S/C41H52N8O10/c1-23(42-43-28-10-7-24(46(52)53)21-30(28)48(56)57)26-13-18-41(36(50)51)20-19-39(5)27(35(26)41)9-12-33-38(4)16-15-34(37(2,3)32(38)14-17-40(33,39)6)45-44-29-11-8-25(47(54)55)22-31(29)49(58)59/h7-8,10-11,21-22,26-27,32-33,35,43-44H,9,12-20H2,1-6H3,(H,50,51)/b42-23+,45-34+/t26-,27+,32-,33+,35+,38-,39+,40+,41-/m0/s1. The lowest BCUT2D eigenvalue weighted by molar-refractivity contribution is -0.393. The van der Waals surface area contributed by atoms with Crippen LogP contribution in [0.3, 0.4) is 0 Å². The van der Waals surface area contributed by atoms with Gasteiger partial charge in [0.25, 0.3) is 11.4 Å². The van der Waals surface area contributed by atoms with Gasteiger partial charge in [0.2, 0.25) is 0 Å². The van der Waals surface area contributed by atoms with E-state index in [-0.39, 0.29) is 62.4 Å². The predicted molar refractivity (Wildman–Crippen MR) is 219 cm³/mol. The topological polar surface area (TPSA) is 259 Å². The quantitative estimate of drug-likeness (QED) is 0.115. The zero-order valence-corrected chi connectivity index (χ0v) is 34.2. The molecular weight excluding hydrogens is 764 g/mol. The highest BCUT2D eigenvalue weighted by Crippen LogP contribution is 2.77. The molecule has 18 nitrogen and oxygen atoms in total. The molecule has 0 aliphatic heterocycles. The van der Waals surface area contributed by atoms with Crippen molar-refractivity contribution < 1.29 is 29.6 Å². The van der Waals surface area contributed by atoms with Gasteiger partial charge in [0.1, 0.15) is 11.4 Å². The number of fused-ring (bicyclic) bond motifs is 7. The van der Waals surface area contributed by atoms with Crippen LogP contribution in [-0.2, 0) is 4.79 Å². The monoisotopic (exact) mass is 816 g/mol. The molecule has 0 heterocycles. The van der Waals surface area contributed by atoms with E-state index in [0.29, 0.717) is 37.3 Å². The summed E-state index contributed by atoms with van der Waals surface area (Å²) in [5.74, 6) is -0.477. The normalized spacial score (nSPS) is 35.3. The van der Waals surface area contributed by atoms with Crippen molar-refractivity contribution in [1.82, 2.24) is 0 Å². The van der Waals surface area contributed by atoms with Crippen LogP contribution in [0.4, 0.5) is 34.1 Å². The van der Waals surface area contributed by atoms with Crippen LogP contribution in [0.25, 0.3) is 0 Å². The number of hydrazone groups is 2. The minimum absolute atomic E-state index is 0.0148. The molecule has 3 N–H and O–H groups in total. The van der Waals surface area contributed by atoms with Crippen molar-refractivity contribution in [3.63, 3.8) is 0 Å². The largest absolute Gasteiger partial charge is 0.481 e. The summed E-state index contributed by atoms with van der Waals surface area (Å²) in [7, 11) is 0. The first-order chi connectivity index (χ1) is 27.6. The zero-order valence-electron chi connectivity index (χ0n) is 34.2. The van der Waals surface area contributed by atoms with E-state index in [1.165, 1.54) is 24.3 Å². The van der Waals surface area contributed by atoms with Gasteiger partial charge in [-0.25, -0.2) is 0 Å². The SMILES string of the molecule is C/C(=N\Nc1ccc([N+](=O)[O-])cc1[N+](=O)[O-])[C@@H]1CC[C@]2(C(=O)O)CC[C@]3(C)[C@H](CC[C@@H]4[C@@]5(C)CC/C(=N\Nc6ccc([N+](=O)[O-])cc6[N+](=O)[O-])C(C)(C)[C@@H]5CC[C@]43C)[C@@H]12. The summed E-state index contributed by atoms with van der Waals surface area (Å²) >= 11 is 0. The van der Waals surface area contributed by atoms with Crippen LogP contribution in [0.2, 0.25) is 0 Å². The molecule has 316 valence electrons. The number of hydrogen-bond acceptors (Lipinski definition) is 13. The van der Waals surface area contributed by atoms with E-state index in [1.807, 2.05) is 6.92 Å². The Morgan fingerprint density at radius 1 is 0.712 bits per heavy atom. The Labute approximate surface area is 340 Å². The van der Waals surface area contributed by atoms with Crippen LogP contribution in [0, 0.1) is 97.1 Å². The number of non-ortho nitro benzene ring substituents is 2. The van der Waals surface area contributed by atoms with Gasteiger partial charge in [0, 0.05) is 34.9 Å². The summed E-state index contributed by atoms with van der Waals surface area (Å²) in [6.45, 7) is 13.5. The number of carboxylic acids is 1. The minimum atomic E-state index is -0.917. The summed E-state index contributed by atoms with van der Waals surface area (Å²) in [4.78, 5) is 56.9. The first-order valence-corrected chi connectivity index (χ1v) is 20.3. The van der Waals surface area contributed by atoms with Gasteiger partial charge in [0.05, 0.1) is 37.2 Å². The number of nitro groups is 4. The first-order valence-electron chi connectivity index (χ1n) is 20.3. The maximum Gasteiger partial charge on any atom is 0.309 e. The summed E-state index contributed by atoms with van der Waals surface area (Å²) in [6.07, 6.45) is 7.67. The predicted octanol–water partition coefficient (Wildman–Crippen LogP) is 9.74. The van der Waals surface area contributed by atoms with E-state index in [2.05, 4.69) is 50.6 Å². The highest BCUT2D eigenvalue weighted by Gasteiger charge is 2.72. The number of nitrogens with zero attached hydrogens (tertiary/aromatic N) is 6. The van der Waals surface area contributed by atoms with Crippen LogP contribution >= 0.6 is 0 Å². The van der Waals surface area contributed by atoms with Crippen LogP contribution in [0.5, 0.6) is 0 Å². The Morgan fingerprint density at radius 2 is 1.31 bits per heavy atom. The maximum atomic E-state index is 13.4. The molecule has 5 saturated carbocycles. The molecule has 5 aliphatic carbocycles. The minimum Gasteiger partial charge on any atom is -0.481 e. The maximum absolute atomic E-state index is 13.4. The lowest BCUT2D eigenvalue weighted by Gasteiger charge is -2.72. The third kappa shape index (κ3) is 6.31. The number of hydrogen-bond donors (Lipinski definition) is 3. The molecule has 0 spiro atoms. The van der Waals surface area contributed by atoms with Crippen molar-refractivity contribution in [2.75, 3.05) is 10.9 Å². The second-order valence-electron chi connectivity index (χ2n) is 19.0. The fourth-order valence-electron chi connectivity index (χ4n) is 13.6. The molecule has 9 atom stereocenters. The first kappa shape index (κ1) is 41.6. The molecule has 5 fully saturated rings. The molecule has 7 rings (SSSR count). The average Bonchev–Trinajstić information content (AvgIpc) is 3.58. The molecule has 2 aromatic rings. The van der Waals surface area contributed by atoms with E-state index in [4.69, 9.17) is 5.10 Å². The van der Waals surface area contributed by atoms with Crippen LogP contribution < -0.4 is 10.9 Å². The molecule has 0 radical (unpaired) electrons. The van der Waals surface area contributed by atoms with E-state index in [1.54, 1.807) is 0 Å². The highest BCUT2D eigenvalue weighted by molar-refractivity contribution is 5.92. The second-order valence-corrected chi connectivity index (χ2v) is 19.0. The summed E-state index contributed by atoms with van der Waals surface area (Å²) in [5, 5.41) is 66.5. The molecular formula is C41H52N8O10. The van der Waals surface area contributed by atoms with Crippen molar-refractivity contribution in [2.45, 2.75) is 106 Å². The Kier molecular flexibility index (Phi) is 10.1. The molecule has 0 amide bonds. The Bertz CT molecular complexity index is 2210. The van der Waals surface area contributed by atoms with Crippen LogP contribution in [0.1, 0.15) is 106 Å². The smallest absolute Gasteiger partial charge is 0.309 e. The molecule has 0 saturated heterocycles. The van der Waals surface area contributed by atoms with Gasteiger partial charge in [-0.3, -0.25) is 56.1 Å². The number of aliphatic carboxylic acids is 1. The van der Waals surface area contributed by atoms with E-state index < -0.39 is 48.1 Å². The zero-order chi connectivity index (χ0) is 43.0. The van der Waals surface area contributed by atoms with Crippen LogP contribution in [0.15, 0.2) is 46.6 Å². The Hall–Kier alpha value is -5.55. The van der Waals surface area contributed by atoms with Gasteiger partial charge in [-0.15, -0.1) is 0 Å². The van der Waals surface area contributed by atoms with E-state index in [9.17, 15) is 50.4 Å². The average molecular weight is 817 g/mol. The van der Waals surface area contributed by atoms with Crippen molar-refractivity contribution in [3.8, 4) is 0 Å². The van der Waals surface area contributed by atoms with Crippen LogP contribution in [-0.4, -0.2) is 42.2 Å². The lowest BCUT2D eigenvalue weighted by Crippen LogP contribution is -2.66. The number of anilines is 2. The Morgan fingerprint density at radius 3 is 1.86 bits per heavy atom. The lowest BCUT2D eigenvalue weighted by atomic mass is 9.32. The molecule has 0 aromatic heterocycles. The Balaban J connectivity index is 1.16. The fraction of sp³-hybridized carbons (Fsp3) is 0.634. The van der Waals surface area contributed by atoms with Crippen molar-refractivity contribution >= 4 is 51.5 Å². The van der Waals surface area contributed by atoms with Gasteiger partial charge < -0.3 is 5.11 Å². The van der Waals surface area contributed by atoms with Gasteiger partial charge >= 0.3 is 17.3 Å². The molecule has 5 aliphatic rings. The second kappa shape index (κ2) is 14.3. The number of rotatable bonds is 10. The van der Waals surface area contributed by atoms with Gasteiger partial charge in [-0.1, -0.05) is 34.6 Å². The molecule has 18 heteroatoms. The van der Waals surface area contributed by atoms with E-state index >= 15 is 0 Å². The molecule has 59 heavy (non-hydrogen) atoms. The molecule has 0 bridgehead atoms. The van der Waals surface area contributed by atoms with Crippen molar-refractivity contribution in [3.05, 3.63) is 76.9 Å². The number of carboxylic acid groups (broad SMARTS) is 1. The number of carbonyl (C=O) groups is 1. The van der Waals surface area contributed by atoms with Gasteiger partial charge in [-0.2, -0.15) is 10.2 Å². The van der Waals surface area contributed by atoms with E-state index in [0.717, 1.165) is 56.4 Å². The van der Waals surface area contributed by atoms with Crippen molar-refractivity contribution in [1.29, 1.82) is 0 Å². The fourth-order valence-corrected chi connectivity index (χ4v) is 13.6.